The Balaban J connectivity index is 2.18. The van der Waals surface area contributed by atoms with E-state index >= 15 is 0 Å². The van der Waals surface area contributed by atoms with Crippen molar-refractivity contribution in [2.24, 2.45) is 4.99 Å². The fourth-order valence-electron chi connectivity index (χ4n) is 3.90. The minimum atomic E-state index is -0.278. The van der Waals surface area contributed by atoms with E-state index < -0.39 is 0 Å². The van der Waals surface area contributed by atoms with Gasteiger partial charge in [-0.15, -0.1) is 0 Å². The molecule has 0 radical (unpaired) electrons. The van der Waals surface area contributed by atoms with Crippen molar-refractivity contribution in [2.45, 2.75) is 60.5 Å². The molecule has 29 heavy (non-hydrogen) atoms. The van der Waals surface area contributed by atoms with Crippen LogP contribution in [0, 0.1) is 13.8 Å². The summed E-state index contributed by atoms with van der Waals surface area (Å²) in [5.74, 6) is -0.278. The topological polar surface area (TPSA) is 54.5 Å². The van der Waals surface area contributed by atoms with E-state index in [1.165, 1.54) is 0 Å². The third-order valence-electron chi connectivity index (χ3n) is 5.46. The van der Waals surface area contributed by atoms with E-state index in [0.29, 0.717) is 11.3 Å². The first-order chi connectivity index (χ1) is 13.9. The quantitative estimate of drug-likeness (QED) is 0.623. The van der Waals surface area contributed by atoms with Crippen LogP contribution in [0.25, 0.3) is 5.57 Å². The molecule has 0 bridgehead atoms. The van der Waals surface area contributed by atoms with E-state index in [9.17, 15) is 4.79 Å². The van der Waals surface area contributed by atoms with E-state index in [1.807, 2.05) is 52.8 Å². The third kappa shape index (κ3) is 4.12. The lowest BCUT2D eigenvalue weighted by molar-refractivity contribution is -0.143. The molecule has 1 aromatic heterocycles. The first kappa shape index (κ1) is 20.8. The number of aryl methyl sites for hydroxylation is 2. The van der Waals surface area contributed by atoms with Crippen molar-refractivity contribution >= 4 is 17.3 Å². The molecule has 0 spiro atoms. The fourth-order valence-corrected chi connectivity index (χ4v) is 3.90. The molecule has 1 N–H and O–H groups in total. The Kier molecular flexibility index (Phi) is 6.21. The first-order valence-electron chi connectivity index (χ1n) is 10.3. The van der Waals surface area contributed by atoms with Crippen LogP contribution >= 0.6 is 0 Å². The predicted octanol–water partition coefficient (Wildman–Crippen LogP) is 5.91. The summed E-state index contributed by atoms with van der Waals surface area (Å²) in [6.07, 6.45) is 1.55. The standard InChI is InChI=1S/C25H30N2O2/c1-7-20(8-2)29-25(28)21-17(5)24(27-18(21)6)22(19-12-10-9-11-13-19)23-15(3)14-16(4)26-23/h9-14,20,26H,7-8H2,1-6H3/b24-22-. The van der Waals surface area contributed by atoms with Gasteiger partial charge in [-0.05, 0) is 63.3 Å². The summed E-state index contributed by atoms with van der Waals surface area (Å²) in [7, 11) is 0. The molecule has 0 saturated heterocycles. The maximum atomic E-state index is 12.9. The Morgan fingerprint density at radius 3 is 2.28 bits per heavy atom. The van der Waals surface area contributed by atoms with Gasteiger partial charge in [-0.1, -0.05) is 44.2 Å². The molecule has 0 unspecified atom stereocenters. The van der Waals surface area contributed by atoms with Crippen molar-refractivity contribution in [2.75, 3.05) is 0 Å². The van der Waals surface area contributed by atoms with Gasteiger partial charge in [0.15, 0.2) is 0 Å². The van der Waals surface area contributed by atoms with Crippen LogP contribution in [0.15, 0.2) is 58.2 Å². The van der Waals surface area contributed by atoms with Gasteiger partial charge in [0.1, 0.15) is 6.10 Å². The van der Waals surface area contributed by atoms with Crippen LogP contribution in [0.3, 0.4) is 0 Å². The molecule has 0 fully saturated rings. The zero-order valence-corrected chi connectivity index (χ0v) is 18.2. The van der Waals surface area contributed by atoms with E-state index in [0.717, 1.165) is 52.2 Å². The number of esters is 1. The lowest BCUT2D eigenvalue weighted by Crippen LogP contribution is -2.20. The van der Waals surface area contributed by atoms with Gasteiger partial charge in [-0.25, -0.2) is 4.79 Å². The summed E-state index contributed by atoms with van der Waals surface area (Å²) in [5.41, 5.74) is 8.36. The normalized spacial score (nSPS) is 15.8. The number of carbonyl (C=O) groups excluding carboxylic acids is 1. The van der Waals surface area contributed by atoms with E-state index in [1.54, 1.807) is 0 Å². The Bertz CT molecular complexity index is 1000. The molecule has 4 nitrogen and oxygen atoms in total. The zero-order chi connectivity index (χ0) is 21.1. The van der Waals surface area contributed by atoms with Crippen molar-refractivity contribution in [3.8, 4) is 0 Å². The molecule has 1 aliphatic heterocycles. The van der Waals surface area contributed by atoms with Gasteiger partial charge in [-0.3, -0.25) is 4.99 Å². The van der Waals surface area contributed by atoms with E-state index in [4.69, 9.17) is 9.73 Å². The van der Waals surface area contributed by atoms with Crippen LogP contribution < -0.4 is 0 Å². The summed E-state index contributed by atoms with van der Waals surface area (Å²) in [5, 5.41) is 0. The highest BCUT2D eigenvalue weighted by Crippen LogP contribution is 2.37. The van der Waals surface area contributed by atoms with E-state index in [2.05, 4.69) is 30.1 Å². The molecule has 2 heterocycles. The Labute approximate surface area is 173 Å². The number of aromatic amines is 1. The van der Waals surface area contributed by atoms with Crippen LogP contribution in [0.4, 0.5) is 0 Å². The minimum absolute atomic E-state index is 0.0643. The summed E-state index contributed by atoms with van der Waals surface area (Å²) in [6.45, 7) is 12.1. The number of carbonyl (C=O) groups is 1. The number of hydrogen-bond acceptors (Lipinski definition) is 3. The second-order valence-electron chi connectivity index (χ2n) is 7.64. The molecule has 0 atom stereocenters. The Morgan fingerprint density at radius 2 is 1.72 bits per heavy atom. The molecular formula is C25H30N2O2. The molecule has 152 valence electrons. The largest absolute Gasteiger partial charge is 0.459 e. The Morgan fingerprint density at radius 1 is 1.07 bits per heavy atom. The molecule has 4 heteroatoms. The summed E-state index contributed by atoms with van der Waals surface area (Å²) >= 11 is 0. The number of nitrogens with one attached hydrogen (secondary N) is 1. The fraction of sp³-hybridized carbons (Fsp3) is 0.360. The van der Waals surface area contributed by atoms with Gasteiger partial charge < -0.3 is 9.72 Å². The number of aromatic nitrogens is 1. The van der Waals surface area contributed by atoms with Crippen molar-refractivity contribution < 1.29 is 9.53 Å². The molecule has 0 amide bonds. The van der Waals surface area contributed by atoms with Crippen LogP contribution in [0.2, 0.25) is 0 Å². The number of allylic oxidation sites excluding steroid dienone is 1. The number of aliphatic imine (C=N–C) groups is 1. The lowest BCUT2D eigenvalue weighted by atomic mass is 9.95. The first-order valence-corrected chi connectivity index (χ1v) is 10.3. The molecule has 2 aromatic rings. The molecule has 1 aromatic carbocycles. The van der Waals surface area contributed by atoms with Gasteiger partial charge >= 0.3 is 5.97 Å². The van der Waals surface area contributed by atoms with Gasteiger partial charge in [0.25, 0.3) is 0 Å². The highest BCUT2D eigenvalue weighted by atomic mass is 16.5. The predicted molar refractivity (Wildman–Crippen MR) is 119 cm³/mol. The highest BCUT2D eigenvalue weighted by molar-refractivity contribution is 6.22. The SMILES string of the molecule is CCC(CC)OC(=O)C1=C(C)/C(=C(\c2ccccc2)c2[nH]c(C)cc2C)N=C1C. The van der Waals surface area contributed by atoms with Gasteiger partial charge in [-0.2, -0.15) is 0 Å². The van der Waals surface area contributed by atoms with Crippen LogP contribution in [-0.2, 0) is 9.53 Å². The molecule has 0 aliphatic carbocycles. The van der Waals surface area contributed by atoms with Crippen LogP contribution in [-0.4, -0.2) is 22.8 Å². The van der Waals surface area contributed by atoms with Gasteiger partial charge in [0.05, 0.1) is 22.7 Å². The van der Waals surface area contributed by atoms with Crippen molar-refractivity contribution in [1.82, 2.24) is 4.98 Å². The maximum Gasteiger partial charge on any atom is 0.340 e. The lowest BCUT2D eigenvalue weighted by Gasteiger charge is -2.15. The average Bonchev–Trinajstić information content (AvgIpc) is 3.18. The zero-order valence-electron chi connectivity index (χ0n) is 18.2. The second kappa shape index (κ2) is 8.64. The van der Waals surface area contributed by atoms with Crippen LogP contribution in [0.5, 0.6) is 0 Å². The molecule has 3 rings (SSSR count). The average molecular weight is 391 g/mol. The minimum Gasteiger partial charge on any atom is -0.459 e. The molecule has 0 saturated carbocycles. The summed E-state index contributed by atoms with van der Waals surface area (Å²) < 4.78 is 5.73. The number of H-pyrrole nitrogens is 1. The molecule has 1 aliphatic rings. The number of hydrogen-bond donors (Lipinski definition) is 1. The van der Waals surface area contributed by atoms with Crippen molar-refractivity contribution in [3.63, 3.8) is 0 Å². The number of nitrogens with zero attached hydrogens (tertiary/aromatic N) is 1. The van der Waals surface area contributed by atoms with Gasteiger partial charge in [0, 0.05) is 11.3 Å². The number of rotatable bonds is 6. The highest BCUT2D eigenvalue weighted by Gasteiger charge is 2.29. The second-order valence-corrected chi connectivity index (χ2v) is 7.64. The van der Waals surface area contributed by atoms with Crippen molar-refractivity contribution in [3.05, 3.63) is 75.8 Å². The van der Waals surface area contributed by atoms with Crippen LogP contribution in [0.1, 0.15) is 63.1 Å². The monoisotopic (exact) mass is 390 g/mol. The van der Waals surface area contributed by atoms with Gasteiger partial charge in [0.2, 0.25) is 0 Å². The third-order valence-corrected chi connectivity index (χ3v) is 5.46. The smallest absolute Gasteiger partial charge is 0.340 e. The van der Waals surface area contributed by atoms with E-state index in [-0.39, 0.29) is 12.1 Å². The Hall–Kier alpha value is -2.88. The van der Waals surface area contributed by atoms with Crippen molar-refractivity contribution in [1.29, 1.82) is 0 Å². The summed E-state index contributed by atoms with van der Waals surface area (Å²) in [6, 6.07) is 12.3. The maximum absolute atomic E-state index is 12.9. The summed E-state index contributed by atoms with van der Waals surface area (Å²) in [4.78, 5) is 21.2. The number of ether oxygens (including phenoxy) is 1. The molecular weight excluding hydrogens is 360 g/mol. The number of benzene rings is 1.